The van der Waals surface area contributed by atoms with Crippen molar-refractivity contribution in [2.24, 2.45) is 0 Å². The molecule has 0 radical (unpaired) electrons. The number of nitrogens with one attached hydrogen (secondary N) is 4. The first-order valence-electron chi connectivity index (χ1n) is 8.01. The van der Waals surface area contributed by atoms with E-state index in [9.17, 15) is 14.4 Å². The zero-order chi connectivity index (χ0) is 19.8. The molecule has 0 saturated heterocycles. The fourth-order valence-corrected chi connectivity index (χ4v) is 2.33. The number of hydrogen-bond donors (Lipinski definition) is 4. The summed E-state index contributed by atoms with van der Waals surface area (Å²) in [6.07, 6.45) is -0.0737. The van der Waals surface area contributed by atoms with Crippen LogP contribution < -0.4 is 21.5 Å². The first-order chi connectivity index (χ1) is 12.8. The van der Waals surface area contributed by atoms with E-state index in [0.717, 1.165) is 10.0 Å². The SMILES string of the molecule is C=C(CC(=O)Nc1ccc(Br)cc1)NNC(=O)C(=O)Nc1ccccc1C. The molecule has 0 fully saturated rings. The lowest BCUT2D eigenvalue weighted by Gasteiger charge is -2.12. The van der Waals surface area contributed by atoms with Gasteiger partial charge < -0.3 is 16.1 Å². The van der Waals surface area contributed by atoms with Gasteiger partial charge in [0.1, 0.15) is 0 Å². The minimum absolute atomic E-state index is 0.0737. The molecular formula is C19H19BrN4O3. The number of amides is 3. The number of hydrogen-bond acceptors (Lipinski definition) is 4. The van der Waals surface area contributed by atoms with Crippen molar-refractivity contribution >= 4 is 45.0 Å². The molecule has 0 heterocycles. The first kappa shape index (κ1) is 20.2. The highest BCUT2D eigenvalue weighted by atomic mass is 79.9. The first-order valence-corrected chi connectivity index (χ1v) is 8.80. The molecule has 7 nitrogen and oxygen atoms in total. The summed E-state index contributed by atoms with van der Waals surface area (Å²) in [6.45, 7) is 5.47. The van der Waals surface area contributed by atoms with Crippen molar-refractivity contribution in [1.29, 1.82) is 0 Å². The Hall–Kier alpha value is -3.13. The molecule has 3 amide bonds. The molecule has 0 saturated carbocycles. The summed E-state index contributed by atoms with van der Waals surface area (Å²) in [6, 6.07) is 14.2. The van der Waals surface area contributed by atoms with Gasteiger partial charge in [-0.3, -0.25) is 19.8 Å². The van der Waals surface area contributed by atoms with Gasteiger partial charge in [-0.1, -0.05) is 40.7 Å². The van der Waals surface area contributed by atoms with Gasteiger partial charge in [0.15, 0.2) is 0 Å². The summed E-state index contributed by atoms with van der Waals surface area (Å²) in [5.74, 6) is -2.04. The van der Waals surface area contributed by atoms with Crippen LogP contribution in [0.3, 0.4) is 0 Å². The molecule has 140 valence electrons. The van der Waals surface area contributed by atoms with Crippen LogP contribution in [0.1, 0.15) is 12.0 Å². The van der Waals surface area contributed by atoms with Crippen LogP contribution >= 0.6 is 15.9 Å². The normalized spacial score (nSPS) is 9.85. The van der Waals surface area contributed by atoms with Crippen LogP contribution in [0.5, 0.6) is 0 Å². The van der Waals surface area contributed by atoms with E-state index < -0.39 is 11.8 Å². The molecule has 2 aromatic rings. The molecule has 0 aliphatic carbocycles. The van der Waals surface area contributed by atoms with Crippen LogP contribution in [0.15, 0.2) is 65.3 Å². The molecule has 4 N–H and O–H groups in total. The molecular weight excluding hydrogens is 412 g/mol. The smallest absolute Gasteiger partial charge is 0.326 e. The van der Waals surface area contributed by atoms with Gasteiger partial charge in [-0.05, 0) is 42.8 Å². The summed E-state index contributed by atoms with van der Waals surface area (Å²) >= 11 is 3.31. The van der Waals surface area contributed by atoms with Crippen molar-refractivity contribution < 1.29 is 14.4 Å². The van der Waals surface area contributed by atoms with Crippen molar-refractivity contribution in [2.75, 3.05) is 10.6 Å². The Morgan fingerprint density at radius 1 is 0.926 bits per heavy atom. The average Bonchev–Trinajstić information content (AvgIpc) is 2.63. The lowest BCUT2D eigenvalue weighted by Crippen LogP contribution is -2.43. The number of para-hydroxylation sites is 1. The standard InChI is InChI=1S/C19H19BrN4O3/c1-12-5-3-4-6-16(12)22-18(26)19(27)24-23-13(2)11-17(25)21-15-9-7-14(20)8-10-15/h3-10,23H,2,11H2,1H3,(H,21,25)(H,22,26)(H,24,27). The highest BCUT2D eigenvalue weighted by molar-refractivity contribution is 9.10. The maximum absolute atomic E-state index is 11.9. The molecule has 0 aliphatic rings. The third-order valence-electron chi connectivity index (χ3n) is 3.45. The van der Waals surface area contributed by atoms with E-state index in [1.54, 1.807) is 36.4 Å². The second-order valence-corrected chi connectivity index (χ2v) is 6.60. The molecule has 27 heavy (non-hydrogen) atoms. The fraction of sp³-hybridized carbons (Fsp3) is 0.105. The Morgan fingerprint density at radius 2 is 1.59 bits per heavy atom. The summed E-state index contributed by atoms with van der Waals surface area (Å²) in [7, 11) is 0. The number of rotatable bonds is 6. The molecule has 0 atom stereocenters. The molecule has 0 unspecified atom stereocenters. The lowest BCUT2D eigenvalue weighted by molar-refractivity contribution is -0.136. The van der Waals surface area contributed by atoms with Crippen molar-refractivity contribution in [3.63, 3.8) is 0 Å². The zero-order valence-electron chi connectivity index (χ0n) is 14.6. The number of benzene rings is 2. The molecule has 2 aromatic carbocycles. The van der Waals surface area contributed by atoms with E-state index in [-0.39, 0.29) is 18.0 Å². The molecule has 0 bridgehead atoms. The highest BCUT2D eigenvalue weighted by Crippen LogP contribution is 2.14. The van der Waals surface area contributed by atoms with E-state index in [2.05, 4.69) is 44.0 Å². The third-order valence-corrected chi connectivity index (χ3v) is 3.98. The number of anilines is 2. The predicted molar refractivity (Wildman–Crippen MR) is 108 cm³/mol. The summed E-state index contributed by atoms with van der Waals surface area (Å²) in [5, 5.41) is 5.20. The topological polar surface area (TPSA) is 99.3 Å². The molecule has 0 aliphatic heterocycles. The van der Waals surface area contributed by atoms with Crippen LogP contribution in [-0.4, -0.2) is 17.7 Å². The Kier molecular flexibility index (Phi) is 7.13. The van der Waals surface area contributed by atoms with Crippen molar-refractivity contribution in [3.05, 3.63) is 70.8 Å². The fourth-order valence-electron chi connectivity index (χ4n) is 2.07. The zero-order valence-corrected chi connectivity index (χ0v) is 16.2. The molecule has 0 spiro atoms. The van der Waals surface area contributed by atoms with Crippen molar-refractivity contribution in [2.45, 2.75) is 13.3 Å². The maximum atomic E-state index is 11.9. The lowest BCUT2D eigenvalue weighted by atomic mass is 10.2. The largest absolute Gasteiger partial charge is 0.327 e. The van der Waals surface area contributed by atoms with E-state index in [4.69, 9.17) is 0 Å². The van der Waals surface area contributed by atoms with E-state index >= 15 is 0 Å². The van der Waals surface area contributed by atoms with E-state index in [1.165, 1.54) is 0 Å². The summed E-state index contributed by atoms with van der Waals surface area (Å²) < 4.78 is 0.901. The maximum Gasteiger partial charge on any atom is 0.327 e. The minimum atomic E-state index is -0.896. The van der Waals surface area contributed by atoms with Crippen LogP contribution in [-0.2, 0) is 14.4 Å². The third kappa shape index (κ3) is 6.59. The van der Waals surface area contributed by atoms with Crippen molar-refractivity contribution in [1.82, 2.24) is 10.9 Å². The molecule has 0 aromatic heterocycles. The van der Waals surface area contributed by atoms with Crippen LogP contribution in [0.2, 0.25) is 0 Å². The van der Waals surface area contributed by atoms with E-state index in [0.29, 0.717) is 11.4 Å². The van der Waals surface area contributed by atoms with Gasteiger partial charge in [-0.2, -0.15) is 0 Å². The Morgan fingerprint density at radius 3 is 2.26 bits per heavy atom. The Labute approximate surface area is 165 Å². The van der Waals surface area contributed by atoms with Crippen LogP contribution in [0.25, 0.3) is 0 Å². The number of carbonyl (C=O) groups excluding carboxylic acids is 3. The number of carbonyl (C=O) groups is 3. The van der Waals surface area contributed by atoms with Crippen LogP contribution in [0.4, 0.5) is 11.4 Å². The van der Waals surface area contributed by atoms with Gasteiger partial charge in [0.05, 0.1) is 6.42 Å². The van der Waals surface area contributed by atoms with Gasteiger partial charge in [0.25, 0.3) is 0 Å². The highest BCUT2D eigenvalue weighted by Gasteiger charge is 2.15. The van der Waals surface area contributed by atoms with Gasteiger partial charge >= 0.3 is 11.8 Å². The second-order valence-electron chi connectivity index (χ2n) is 5.68. The van der Waals surface area contributed by atoms with Gasteiger partial charge in [-0.15, -0.1) is 0 Å². The van der Waals surface area contributed by atoms with Crippen LogP contribution in [0, 0.1) is 6.92 Å². The minimum Gasteiger partial charge on any atom is -0.326 e. The quantitative estimate of drug-likeness (QED) is 0.418. The number of halogens is 1. The number of aryl methyl sites for hydroxylation is 1. The van der Waals surface area contributed by atoms with Crippen molar-refractivity contribution in [3.8, 4) is 0 Å². The average molecular weight is 431 g/mol. The summed E-state index contributed by atoms with van der Waals surface area (Å²) in [5.41, 5.74) is 6.93. The Bertz CT molecular complexity index is 866. The van der Waals surface area contributed by atoms with Gasteiger partial charge in [-0.25, -0.2) is 0 Å². The Balaban J connectivity index is 1.76. The second kappa shape index (κ2) is 9.54. The monoisotopic (exact) mass is 430 g/mol. The predicted octanol–water partition coefficient (Wildman–Crippen LogP) is 2.86. The number of hydrazine groups is 1. The summed E-state index contributed by atoms with van der Waals surface area (Å²) in [4.78, 5) is 35.7. The van der Waals surface area contributed by atoms with E-state index in [1.807, 2.05) is 19.1 Å². The van der Waals surface area contributed by atoms with Gasteiger partial charge in [0, 0.05) is 21.5 Å². The molecule has 2 rings (SSSR count). The molecule has 8 heteroatoms. The van der Waals surface area contributed by atoms with Gasteiger partial charge in [0.2, 0.25) is 5.91 Å².